The molecule has 0 aliphatic rings. The highest BCUT2D eigenvalue weighted by Crippen LogP contribution is 2.24. The van der Waals surface area contributed by atoms with Crippen molar-refractivity contribution in [2.45, 2.75) is 6.92 Å². The van der Waals surface area contributed by atoms with Crippen LogP contribution in [0, 0.1) is 24.4 Å². The summed E-state index contributed by atoms with van der Waals surface area (Å²) in [5.41, 5.74) is 3.17. The Balaban J connectivity index is 1.84. The van der Waals surface area contributed by atoms with E-state index in [0.29, 0.717) is 5.56 Å². The fraction of sp³-hybridized carbons (Fsp3) is 0.0476. The summed E-state index contributed by atoms with van der Waals surface area (Å²) in [5.74, 6) is -2.01. The van der Waals surface area contributed by atoms with Gasteiger partial charge in [-0.1, -0.05) is 60.7 Å². The Morgan fingerprint density at radius 1 is 0.750 bits per heavy atom. The largest absolute Gasteiger partial charge is 0.206 e. The summed E-state index contributed by atoms with van der Waals surface area (Å²) in [6.45, 7) is 1.84. The summed E-state index contributed by atoms with van der Waals surface area (Å²) in [4.78, 5) is 0. The molecule has 0 aromatic heterocycles. The van der Waals surface area contributed by atoms with E-state index < -0.39 is 11.6 Å². The molecule has 3 aromatic rings. The molecule has 0 aliphatic carbocycles. The monoisotopic (exact) mass is 324 g/mol. The van der Waals surface area contributed by atoms with Crippen LogP contribution < -0.4 is 0 Å². The molecule has 0 bridgehead atoms. The van der Waals surface area contributed by atoms with Crippen molar-refractivity contribution in [1.82, 2.24) is 0 Å². The summed E-state index contributed by atoms with van der Waals surface area (Å²) >= 11 is 0. The van der Waals surface area contributed by atoms with Gasteiger partial charge in [-0.15, -0.1) is 0 Å². The lowest BCUT2D eigenvalue weighted by molar-refractivity contribution is 0.507. The number of benzene rings is 3. The molecule has 24 heavy (non-hydrogen) atoms. The van der Waals surface area contributed by atoms with Crippen molar-refractivity contribution in [2.75, 3.05) is 0 Å². The summed E-state index contributed by atoms with van der Waals surface area (Å²) in [6.07, 6.45) is 3.20. The smallest absolute Gasteiger partial charge is 0.166 e. The number of hydrogen-bond acceptors (Lipinski definition) is 0. The van der Waals surface area contributed by atoms with Crippen molar-refractivity contribution in [3.63, 3.8) is 0 Å². The SMILES string of the molecule is Cc1ccc(-c2ccc(/C=C/c3cccc(F)c3F)cc2)c(F)c1. The van der Waals surface area contributed by atoms with Gasteiger partial charge in [0.05, 0.1) is 0 Å². The van der Waals surface area contributed by atoms with Gasteiger partial charge in [-0.25, -0.2) is 13.2 Å². The first-order chi connectivity index (χ1) is 11.5. The van der Waals surface area contributed by atoms with Crippen molar-refractivity contribution in [3.8, 4) is 11.1 Å². The second kappa shape index (κ2) is 6.75. The van der Waals surface area contributed by atoms with Gasteiger partial charge in [0, 0.05) is 11.1 Å². The van der Waals surface area contributed by atoms with Crippen LogP contribution >= 0.6 is 0 Å². The van der Waals surface area contributed by atoms with Crippen molar-refractivity contribution in [1.29, 1.82) is 0 Å². The van der Waals surface area contributed by atoms with Gasteiger partial charge in [0.1, 0.15) is 5.82 Å². The molecule has 0 saturated heterocycles. The van der Waals surface area contributed by atoms with Crippen LogP contribution in [0.25, 0.3) is 23.3 Å². The maximum atomic E-state index is 14.0. The molecule has 120 valence electrons. The zero-order valence-electron chi connectivity index (χ0n) is 13.1. The molecular weight excluding hydrogens is 309 g/mol. The van der Waals surface area contributed by atoms with Gasteiger partial charge in [-0.2, -0.15) is 0 Å². The minimum Gasteiger partial charge on any atom is -0.206 e. The van der Waals surface area contributed by atoms with Crippen LogP contribution in [0.1, 0.15) is 16.7 Å². The van der Waals surface area contributed by atoms with Gasteiger partial charge in [0.25, 0.3) is 0 Å². The predicted molar refractivity (Wildman–Crippen MR) is 91.9 cm³/mol. The van der Waals surface area contributed by atoms with E-state index in [9.17, 15) is 13.2 Å². The third kappa shape index (κ3) is 3.40. The summed E-state index contributed by atoms with van der Waals surface area (Å²) in [7, 11) is 0. The molecule has 0 unspecified atom stereocenters. The summed E-state index contributed by atoms with van der Waals surface area (Å²) in [5, 5.41) is 0. The number of aryl methyl sites for hydroxylation is 1. The highest BCUT2D eigenvalue weighted by molar-refractivity contribution is 5.72. The molecule has 0 amide bonds. The maximum absolute atomic E-state index is 14.0. The molecule has 3 aromatic carbocycles. The number of halogens is 3. The van der Waals surface area contributed by atoms with Gasteiger partial charge in [0.2, 0.25) is 0 Å². The number of rotatable bonds is 3. The lowest BCUT2D eigenvalue weighted by Crippen LogP contribution is -1.87. The van der Waals surface area contributed by atoms with Gasteiger partial charge in [0.15, 0.2) is 11.6 Å². The topological polar surface area (TPSA) is 0 Å². The van der Waals surface area contributed by atoms with Gasteiger partial charge >= 0.3 is 0 Å². The van der Waals surface area contributed by atoms with Crippen LogP contribution in [0.3, 0.4) is 0 Å². The minimum atomic E-state index is -0.873. The average molecular weight is 324 g/mol. The van der Waals surface area contributed by atoms with Crippen molar-refractivity contribution in [2.24, 2.45) is 0 Å². The van der Waals surface area contributed by atoms with Crippen LogP contribution in [0.5, 0.6) is 0 Å². The molecule has 0 fully saturated rings. The highest BCUT2D eigenvalue weighted by atomic mass is 19.2. The van der Waals surface area contributed by atoms with Gasteiger partial charge < -0.3 is 0 Å². The first-order valence-corrected chi connectivity index (χ1v) is 7.53. The third-order valence-corrected chi connectivity index (χ3v) is 3.78. The van der Waals surface area contributed by atoms with E-state index in [0.717, 1.165) is 22.8 Å². The number of hydrogen-bond donors (Lipinski definition) is 0. The van der Waals surface area contributed by atoms with Crippen molar-refractivity contribution in [3.05, 3.63) is 94.8 Å². The molecule has 3 heteroatoms. The predicted octanol–water partition coefficient (Wildman–Crippen LogP) is 6.25. The maximum Gasteiger partial charge on any atom is 0.166 e. The first kappa shape index (κ1) is 16.1. The Hall–Kier alpha value is -2.81. The molecule has 0 nitrogen and oxygen atoms in total. The zero-order chi connectivity index (χ0) is 17.1. The van der Waals surface area contributed by atoms with E-state index in [1.54, 1.807) is 24.3 Å². The molecule has 0 atom stereocenters. The standard InChI is InChI=1S/C21H15F3/c1-14-5-12-18(20(23)13-14)16-9-6-15(7-10-16)8-11-17-3-2-4-19(22)21(17)24/h2-13H,1H3/b11-8+. The van der Waals surface area contributed by atoms with Gasteiger partial charge in [-0.3, -0.25) is 0 Å². The molecular formula is C21H15F3. The Bertz CT molecular complexity index is 893. The fourth-order valence-electron chi connectivity index (χ4n) is 2.46. The van der Waals surface area contributed by atoms with E-state index >= 15 is 0 Å². The quantitative estimate of drug-likeness (QED) is 0.500. The second-order valence-electron chi connectivity index (χ2n) is 5.58. The summed E-state index contributed by atoms with van der Waals surface area (Å²) in [6, 6.07) is 16.4. The van der Waals surface area contributed by atoms with Crippen LogP contribution in [0.4, 0.5) is 13.2 Å². The first-order valence-electron chi connectivity index (χ1n) is 7.53. The molecule has 0 spiro atoms. The molecule has 3 rings (SSSR count). The van der Waals surface area contributed by atoms with E-state index in [4.69, 9.17) is 0 Å². The highest BCUT2D eigenvalue weighted by Gasteiger charge is 2.06. The van der Waals surface area contributed by atoms with Crippen molar-refractivity contribution < 1.29 is 13.2 Å². The van der Waals surface area contributed by atoms with Gasteiger partial charge in [-0.05, 0) is 35.7 Å². The van der Waals surface area contributed by atoms with E-state index in [2.05, 4.69) is 0 Å². The van der Waals surface area contributed by atoms with Crippen LogP contribution in [-0.2, 0) is 0 Å². The molecule has 0 aliphatic heterocycles. The molecule has 0 radical (unpaired) electrons. The normalized spacial score (nSPS) is 11.2. The minimum absolute atomic E-state index is 0.184. The Labute approximate surface area is 138 Å². The average Bonchev–Trinajstić information content (AvgIpc) is 2.57. The zero-order valence-corrected chi connectivity index (χ0v) is 13.1. The molecule has 0 N–H and O–H groups in total. The second-order valence-corrected chi connectivity index (χ2v) is 5.58. The Morgan fingerprint density at radius 3 is 2.21 bits per heavy atom. The van der Waals surface area contributed by atoms with E-state index in [-0.39, 0.29) is 11.4 Å². The fourth-order valence-corrected chi connectivity index (χ4v) is 2.46. The van der Waals surface area contributed by atoms with Crippen LogP contribution in [0.15, 0.2) is 60.7 Å². The molecule has 0 heterocycles. The Morgan fingerprint density at radius 2 is 1.50 bits per heavy atom. The molecule has 0 saturated carbocycles. The lowest BCUT2D eigenvalue weighted by atomic mass is 10.0. The van der Waals surface area contributed by atoms with Crippen LogP contribution in [-0.4, -0.2) is 0 Å². The van der Waals surface area contributed by atoms with E-state index in [1.165, 1.54) is 24.3 Å². The third-order valence-electron chi connectivity index (χ3n) is 3.78. The van der Waals surface area contributed by atoms with Crippen LogP contribution in [0.2, 0.25) is 0 Å². The summed E-state index contributed by atoms with van der Waals surface area (Å²) < 4.78 is 40.8. The lowest BCUT2D eigenvalue weighted by Gasteiger charge is -2.05. The van der Waals surface area contributed by atoms with E-state index in [1.807, 2.05) is 25.1 Å². The van der Waals surface area contributed by atoms with Crippen molar-refractivity contribution >= 4 is 12.2 Å². The Kier molecular flexibility index (Phi) is 4.52.